The minimum Gasteiger partial charge on any atom is -0.496 e. The number of furan rings is 1. The molecule has 0 aliphatic heterocycles. The highest BCUT2D eigenvalue weighted by Crippen LogP contribution is 2.30. The van der Waals surface area contributed by atoms with Gasteiger partial charge in [-0.1, -0.05) is 12.1 Å². The van der Waals surface area contributed by atoms with Crippen LogP contribution in [-0.4, -0.2) is 17.0 Å². The second-order valence-corrected chi connectivity index (χ2v) is 7.23. The molecule has 2 heterocycles. The van der Waals surface area contributed by atoms with E-state index in [2.05, 4.69) is 28.1 Å². The van der Waals surface area contributed by atoms with Crippen LogP contribution in [0.4, 0.5) is 0 Å². The largest absolute Gasteiger partial charge is 0.496 e. The fourth-order valence-corrected chi connectivity index (χ4v) is 3.91. The topological polar surface area (TPSA) is 38.5 Å². The predicted molar refractivity (Wildman–Crippen MR) is 106 cm³/mol. The maximum Gasteiger partial charge on any atom is 0.123 e. The monoisotopic (exact) mass is 362 g/mol. The fraction of sp³-hybridized carbons (Fsp3) is 0.348. The van der Waals surface area contributed by atoms with E-state index in [1.807, 2.05) is 30.6 Å². The number of pyridine rings is 1. The molecule has 0 saturated heterocycles. The van der Waals surface area contributed by atoms with Crippen LogP contribution in [0.2, 0.25) is 0 Å². The Hall–Kier alpha value is -2.59. The summed E-state index contributed by atoms with van der Waals surface area (Å²) in [5.41, 5.74) is 5.37. The first-order valence-electron chi connectivity index (χ1n) is 9.64. The Bertz CT molecular complexity index is 860. The van der Waals surface area contributed by atoms with Crippen LogP contribution in [0.25, 0.3) is 0 Å². The van der Waals surface area contributed by atoms with E-state index in [0.717, 1.165) is 37.6 Å². The van der Waals surface area contributed by atoms with E-state index in [1.54, 1.807) is 13.4 Å². The Morgan fingerprint density at radius 1 is 1.04 bits per heavy atom. The predicted octanol–water partition coefficient (Wildman–Crippen LogP) is 4.76. The van der Waals surface area contributed by atoms with Crippen molar-refractivity contribution in [2.75, 3.05) is 7.11 Å². The van der Waals surface area contributed by atoms with Crippen molar-refractivity contribution in [2.24, 2.45) is 0 Å². The Labute approximate surface area is 160 Å². The van der Waals surface area contributed by atoms with E-state index in [0.29, 0.717) is 0 Å². The zero-order valence-corrected chi connectivity index (χ0v) is 15.9. The molecule has 0 N–H and O–H groups in total. The number of rotatable bonds is 7. The third-order valence-corrected chi connectivity index (χ3v) is 5.23. The molecule has 0 atom stereocenters. The number of nitrogens with zero attached hydrogens (tertiary/aromatic N) is 2. The summed E-state index contributed by atoms with van der Waals surface area (Å²) < 4.78 is 11.3. The minimum atomic E-state index is 0.752. The van der Waals surface area contributed by atoms with Crippen LogP contribution in [0.5, 0.6) is 5.75 Å². The molecular formula is C23H26N2O2. The van der Waals surface area contributed by atoms with Crippen LogP contribution >= 0.6 is 0 Å². The standard InChI is InChI=1S/C23H26N2O2/c1-26-23-13-20-8-3-2-7-19(20)12-21(23)16-25(17-22-9-5-11-27-22)15-18-6-4-10-24-14-18/h4-6,9-14H,2-3,7-8,15-17H2,1H3. The lowest BCUT2D eigenvalue weighted by Gasteiger charge is -2.25. The van der Waals surface area contributed by atoms with Crippen LogP contribution in [-0.2, 0) is 32.5 Å². The van der Waals surface area contributed by atoms with Crippen molar-refractivity contribution in [3.8, 4) is 5.75 Å². The summed E-state index contributed by atoms with van der Waals surface area (Å²) in [4.78, 5) is 6.64. The van der Waals surface area contributed by atoms with Gasteiger partial charge in [0.1, 0.15) is 11.5 Å². The molecule has 0 amide bonds. The third kappa shape index (κ3) is 4.40. The summed E-state index contributed by atoms with van der Waals surface area (Å²) in [5.74, 6) is 1.96. The average Bonchev–Trinajstić information content (AvgIpc) is 3.21. The molecular weight excluding hydrogens is 336 g/mol. The van der Waals surface area contributed by atoms with E-state index >= 15 is 0 Å². The van der Waals surface area contributed by atoms with Gasteiger partial charge in [0.2, 0.25) is 0 Å². The van der Waals surface area contributed by atoms with Crippen molar-refractivity contribution >= 4 is 0 Å². The minimum absolute atomic E-state index is 0.752. The zero-order chi connectivity index (χ0) is 18.5. The highest BCUT2D eigenvalue weighted by Gasteiger charge is 2.17. The molecule has 4 heteroatoms. The molecule has 27 heavy (non-hydrogen) atoms. The molecule has 0 radical (unpaired) electrons. The van der Waals surface area contributed by atoms with Gasteiger partial charge in [0.05, 0.1) is 19.9 Å². The summed E-state index contributed by atoms with van der Waals surface area (Å²) in [7, 11) is 1.77. The lowest BCUT2D eigenvalue weighted by molar-refractivity contribution is 0.223. The summed E-state index contributed by atoms with van der Waals surface area (Å²) in [5, 5.41) is 0. The molecule has 0 saturated carbocycles. The van der Waals surface area contributed by atoms with Gasteiger partial charge in [-0.25, -0.2) is 0 Å². The van der Waals surface area contributed by atoms with E-state index in [9.17, 15) is 0 Å². The molecule has 4 rings (SSSR count). The smallest absolute Gasteiger partial charge is 0.123 e. The van der Waals surface area contributed by atoms with Crippen LogP contribution in [0, 0.1) is 0 Å². The summed E-state index contributed by atoms with van der Waals surface area (Å²) in [6.45, 7) is 2.38. The van der Waals surface area contributed by atoms with Gasteiger partial charge in [0.25, 0.3) is 0 Å². The van der Waals surface area contributed by atoms with Crippen molar-refractivity contribution in [3.63, 3.8) is 0 Å². The van der Waals surface area contributed by atoms with Gasteiger partial charge in [0, 0.05) is 31.0 Å². The molecule has 1 aliphatic carbocycles. The first-order valence-corrected chi connectivity index (χ1v) is 9.64. The molecule has 140 valence electrons. The van der Waals surface area contributed by atoms with Gasteiger partial charge in [-0.05, 0) is 66.6 Å². The maximum absolute atomic E-state index is 5.74. The number of hydrogen-bond acceptors (Lipinski definition) is 4. The third-order valence-electron chi connectivity index (χ3n) is 5.23. The van der Waals surface area contributed by atoms with E-state index < -0.39 is 0 Å². The van der Waals surface area contributed by atoms with Gasteiger partial charge >= 0.3 is 0 Å². The number of aromatic nitrogens is 1. The van der Waals surface area contributed by atoms with Crippen molar-refractivity contribution in [2.45, 2.75) is 45.3 Å². The van der Waals surface area contributed by atoms with Crippen LogP contribution in [0.1, 0.15) is 40.9 Å². The van der Waals surface area contributed by atoms with Crippen molar-refractivity contribution in [1.82, 2.24) is 9.88 Å². The molecule has 4 nitrogen and oxygen atoms in total. The van der Waals surface area contributed by atoms with Crippen LogP contribution in [0.3, 0.4) is 0 Å². The Morgan fingerprint density at radius 3 is 2.59 bits per heavy atom. The van der Waals surface area contributed by atoms with Gasteiger partial charge in [0.15, 0.2) is 0 Å². The average molecular weight is 362 g/mol. The first kappa shape index (κ1) is 17.8. The van der Waals surface area contributed by atoms with Crippen molar-refractivity contribution < 1.29 is 9.15 Å². The van der Waals surface area contributed by atoms with E-state index in [1.165, 1.54) is 41.5 Å². The quantitative estimate of drug-likeness (QED) is 0.607. The van der Waals surface area contributed by atoms with Gasteiger partial charge in [-0.3, -0.25) is 9.88 Å². The SMILES string of the molecule is COc1cc2c(cc1CN(Cc1cccnc1)Cc1ccco1)CCCC2. The fourth-order valence-electron chi connectivity index (χ4n) is 3.91. The summed E-state index contributed by atoms with van der Waals surface area (Å²) in [6.07, 6.45) is 10.4. The highest BCUT2D eigenvalue weighted by atomic mass is 16.5. The molecule has 1 aliphatic rings. The lowest BCUT2D eigenvalue weighted by atomic mass is 9.90. The van der Waals surface area contributed by atoms with E-state index in [4.69, 9.17) is 9.15 Å². The number of hydrogen-bond donors (Lipinski definition) is 0. The van der Waals surface area contributed by atoms with Gasteiger partial charge in [-0.2, -0.15) is 0 Å². The second kappa shape index (κ2) is 8.40. The molecule has 0 spiro atoms. The van der Waals surface area contributed by atoms with Gasteiger partial charge < -0.3 is 9.15 Å². The first-order chi connectivity index (χ1) is 13.3. The summed E-state index contributed by atoms with van der Waals surface area (Å²) in [6, 6.07) is 12.7. The number of fused-ring (bicyclic) bond motifs is 1. The molecule has 0 fully saturated rings. The second-order valence-electron chi connectivity index (χ2n) is 7.23. The summed E-state index contributed by atoms with van der Waals surface area (Å²) >= 11 is 0. The molecule has 1 aromatic carbocycles. The van der Waals surface area contributed by atoms with Crippen LogP contribution < -0.4 is 4.74 Å². The van der Waals surface area contributed by atoms with Crippen molar-refractivity contribution in [3.05, 3.63) is 83.1 Å². The molecule has 0 unspecified atom stereocenters. The Balaban J connectivity index is 1.60. The lowest BCUT2D eigenvalue weighted by Crippen LogP contribution is -2.23. The Morgan fingerprint density at radius 2 is 1.89 bits per heavy atom. The number of methoxy groups -OCH3 is 1. The molecule has 0 bridgehead atoms. The number of benzene rings is 1. The molecule has 2 aromatic heterocycles. The van der Waals surface area contributed by atoms with Crippen molar-refractivity contribution in [1.29, 1.82) is 0 Å². The number of ether oxygens (including phenoxy) is 1. The highest BCUT2D eigenvalue weighted by molar-refractivity contribution is 5.44. The Kier molecular flexibility index (Phi) is 5.54. The molecule has 3 aromatic rings. The number of aryl methyl sites for hydroxylation is 2. The van der Waals surface area contributed by atoms with Crippen LogP contribution in [0.15, 0.2) is 59.5 Å². The maximum atomic E-state index is 5.74. The zero-order valence-electron chi connectivity index (χ0n) is 15.9. The van der Waals surface area contributed by atoms with E-state index in [-0.39, 0.29) is 0 Å². The van der Waals surface area contributed by atoms with Gasteiger partial charge in [-0.15, -0.1) is 0 Å². The normalized spacial score (nSPS) is 13.6.